The van der Waals surface area contributed by atoms with Crippen LogP contribution in [-0.2, 0) is 5.54 Å². The van der Waals surface area contributed by atoms with Gasteiger partial charge in [-0.25, -0.2) is 0 Å². The molecule has 11 aromatic rings. The first-order valence-corrected chi connectivity index (χ1v) is 19.3. The van der Waals surface area contributed by atoms with Crippen molar-refractivity contribution >= 4 is 71.6 Å². The molecule has 0 bridgehead atoms. The van der Waals surface area contributed by atoms with Crippen molar-refractivity contribution in [2.45, 2.75) is 5.54 Å². The zero-order valence-electron chi connectivity index (χ0n) is 30.4. The number of rotatable bonds is 5. The van der Waals surface area contributed by atoms with E-state index in [1.54, 1.807) is 0 Å². The topological polar surface area (TPSA) is 21.3 Å². The third-order valence-corrected chi connectivity index (χ3v) is 12.0. The summed E-state index contributed by atoms with van der Waals surface area (Å²) in [7, 11) is 0. The third-order valence-electron chi connectivity index (χ3n) is 12.0. The Morgan fingerprint density at radius 1 is 0.429 bits per heavy atom. The van der Waals surface area contributed by atoms with E-state index in [0.29, 0.717) is 0 Å². The van der Waals surface area contributed by atoms with Crippen molar-refractivity contribution < 1.29 is 4.42 Å². The average molecular weight is 715 g/mol. The van der Waals surface area contributed by atoms with Crippen LogP contribution < -0.4 is 4.90 Å². The molecule has 1 aliphatic carbocycles. The second-order valence-electron chi connectivity index (χ2n) is 14.8. The maximum absolute atomic E-state index is 6.55. The number of para-hydroxylation sites is 3. The van der Waals surface area contributed by atoms with Crippen LogP contribution in [0.25, 0.3) is 65.6 Å². The zero-order valence-corrected chi connectivity index (χ0v) is 30.4. The fourth-order valence-corrected chi connectivity index (χ4v) is 9.77. The van der Waals surface area contributed by atoms with E-state index in [-0.39, 0.29) is 0 Å². The predicted octanol–water partition coefficient (Wildman–Crippen LogP) is 14.1. The van der Waals surface area contributed by atoms with Gasteiger partial charge in [-0.15, -0.1) is 0 Å². The van der Waals surface area contributed by atoms with Crippen molar-refractivity contribution in [3.05, 3.63) is 223 Å². The molecule has 0 atom stereocenters. The molecule has 9 aromatic carbocycles. The molecule has 0 spiro atoms. The SMILES string of the molecule is c1ccc(C2(n3c4ccccc4c4cccc(N(c5ccc6ccccc6c5)c5cccc6oc7ccccc7c56)c43)c3ccccc3-c3ccccc32)cc1. The molecule has 0 fully saturated rings. The first kappa shape index (κ1) is 31.0. The molecule has 0 amide bonds. The minimum Gasteiger partial charge on any atom is -0.456 e. The first-order valence-electron chi connectivity index (χ1n) is 19.3. The van der Waals surface area contributed by atoms with Gasteiger partial charge in [-0.05, 0) is 81.1 Å². The summed E-state index contributed by atoms with van der Waals surface area (Å²) in [4.78, 5) is 2.47. The van der Waals surface area contributed by atoms with Gasteiger partial charge < -0.3 is 13.9 Å². The maximum atomic E-state index is 6.55. The largest absolute Gasteiger partial charge is 0.456 e. The van der Waals surface area contributed by atoms with Crippen molar-refractivity contribution in [2.24, 2.45) is 0 Å². The molecule has 0 unspecified atom stereocenters. The number of anilines is 3. The van der Waals surface area contributed by atoms with Crippen LogP contribution in [0, 0.1) is 0 Å². The van der Waals surface area contributed by atoms with Gasteiger partial charge in [0.25, 0.3) is 0 Å². The number of fused-ring (bicyclic) bond motifs is 10. The first-order chi connectivity index (χ1) is 27.8. The minimum atomic E-state index is -0.685. The third kappa shape index (κ3) is 4.17. The molecule has 56 heavy (non-hydrogen) atoms. The summed E-state index contributed by atoms with van der Waals surface area (Å²) in [5.74, 6) is 0. The summed E-state index contributed by atoms with van der Waals surface area (Å²) in [5.41, 5.74) is 12.9. The van der Waals surface area contributed by atoms with Crippen LogP contribution in [0.2, 0.25) is 0 Å². The number of hydrogen-bond acceptors (Lipinski definition) is 2. The normalized spacial score (nSPS) is 13.1. The van der Waals surface area contributed by atoms with Crippen molar-refractivity contribution in [1.29, 1.82) is 0 Å². The molecule has 0 aliphatic heterocycles. The van der Waals surface area contributed by atoms with Crippen LogP contribution in [-0.4, -0.2) is 4.57 Å². The highest BCUT2D eigenvalue weighted by atomic mass is 16.3. The Balaban J connectivity index is 1.29. The van der Waals surface area contributed by atoms with Crippen LogP contribution in [0.4, 0.5) is 17.1 Å². The summed E-state index contributed by atoms with van der Waals surface area (Å²) in [6.07, 6.45) is 0. The van der Waals surface area contributed by atoms with Crippen molar-refractivity contribution in [1.82, 2.24) is 4.57 Å². The summed E-state index contributed by atoms with van der Waals surface area (Å²) in [6.45, 7) is 0. The number of nitrogens with zero attached hydrogens (tertiary/aromatic N) is 2. The van der Waals surface area contributed by atoms with E-state index in [1.807, 2.05) is 6.07 Å². The van der Waals surface area contributed by atoms with Crippen LogP contribution in [0.15, 0.2) is 211 Å². The Morgan fingerprint density at radius 2 is 1.04 bits per heavy atom. The summed E-state index contributed by atoms with van der Waals surface area (Å²) < 4.78 is 9.21. The Labute approximate surface area is 323 Å². The number of aromatic nitrogens is 1. The van der Waals surface area contributed by atoms with E-state index in [1.165, 1.54) is 54.9 Å². The van der Waals surface area contributed by atoms with Crippen LogP contribution in [0.5, 0.6) is 0 Å². The Morgan fingerprint density at radius 3 is 1.86 bits per heavy atom. The molecule has 262 valence electrons. The minimum absolute atomic E-state index is 0.685. The number of furan rings is 1. The fourth-order valence-electron chi connectivity index (χ4n) is 9.77. The molecule has 0 saturated heterocycles. The molecular weight excluding hydrogens is 681 g/mol. The van der Waals surface area contributed by atoms with Crippen molar-refractivity contribution in [3.8, 4) is 11.1 Å². The second kappa shape index (κ2) is 11.8. The summed E-state index contributed by atoms with van der Waals surface area (Å²) in [5, 5.41) is 6.99. The van der Waals surface area contributed by atoms with Gasteiger partial charge in [0.05, 0.1) is 27.8 Å². The highest BCUT2D eigenvalue weighted by Gasteiger charge is 2.48. The van der Waals surface area contributed by atoms with E-state index >= 15 is 0 Å². The lowest BCUT2D eigenvalue weighted by Crippen LogP contribution is -2.36. The van der Waals surface area contributed by atoms with E-state index in [2.05, 4.69) is 210 Å². The molecule has 1 aliphatic rings. The van der Waals surface area contributed by atoms with Crippen LogP contribution in [0.3, 0.4) is 0 Å². The van der Waals surface area contributed by atoms with E-state index in [4.69, 9.17) is 4.42 Å². The zero-order chi connectivity index (χ0) is 36.8. The molecule has 0 radical (unpaired) electrons. The van der Waals surface area contributed by atoms with Gasteiger partial charge in [-0.2, -0.15) is 0 Å². The highest BCUT2D eigenvalue weighted by Crippen LogP contribution is 2.57. The van der Waals surface area contributed by atoms with Gasteiger partial charge in [-0.1, -0.05) is 164 Å². The predicted molar refractivity (Wildman–Crippen MR) is 233 cm³/mol. The van der Waals surface area contributed by atoms with E-state index in [9.17, 15) is 0 Å². The van der Waals surface area contributed by atoms with Crippen LogP contribution in [0.1, 0.15) is 16.7 Å². The monoisotopic (exact) mass is 714 g/mol. The summed E-state index contributed by atoms with van der Waals surface area (Å²) >= 11 is 0. The standard InChI is InChI=1S/C53H34N2O/c1-2-18-37(19-3-1)53(44-25-10-6-20-39(44)40-21-7-11-26-45(40)53)55-46-27-12-8-22-41(46)42-24-14-29-48(52(42)55)54(38-33-32-35-16-4-5-17-36(35)34-38)47-28-15-31-50-51(47)43-23-9-13-30-49(43)56-50/h1-34H. The molecular formula is C53H34N2O. The molecule has 2 aromatic heterocycles. The van der Waals surface area contributed by atoms with Gasteiger partial charge in [0.15, 0.2) is 0 Å². The van der Waals surface area contributed by atoms with E-state index < -0.39 is 5.54 Å². The van der Waals surface area contributed by atoms with Crippen molar-refractivity contribution in [2.75, 3.05) is 4.90 Å². The van der Waals surface area contributed by atoms with Crippen molar-refractivity contribution in [3.63, 3.8) is 0 Å². The molecule has 0 saturated carbocycles. The lowest BCUT2D eigenvalue weighted by molar-refractivity contribution is 0.564. The number of benzene rings is 9. The molecule has 12 rings (SSSR count). The Bertz CT molecular complexity index is 3290. The lowest BCUT2D eigenvalue weighted by atomic mass is 9.80. The maximum Gasteiger partial charge on any atom is 0.137 e. The van der Waals surface area contributed by atoms with Gasteiger partial charge in [0, 0.05) is 21.8 Å². The van der Waals surface area contributed by atoms with Gasteiger partial charge in [0.1, 0.15) is 16.7 Å². The molecule has 0 N–H and O–H groups in total. The fraction of sp³-hybridized carbons (Fsp3) is 0.0189. The molecule has 3 heteroatoms. The Kier molecular flexibility index (Phi) is 6.55. The van der Waals surface area contributed by atoms with E-state index in [0.717, 1.165) is 44.5 Å². The second-order valence-corrected chi connectivity index (χ2v) is 14.8. The summed E-state index contributed by atoms with van der Waals surface area (Å²) in [6, 6.07) is 75.2. The Hall–Kier alpha value is -7.36. The number of hydrogen-bond donors (Lipinski definition) is 0. The van der Waals surface area contributed by atoms with Crippen LogP contribution >= 0.6 is 0 Å². The highest BCUT2D eigenvalue weighted by molar-refractivity contribution is 6.18. The average Bonchev–Trinajstić information content (AvgIpc) is 3.91. The molecule has 3 nitrogen and oxygen atoms in total. The lowest BCUT2D eigenvalue weighted by Gasteiger charge is -2.38. The van der Waals surface area contributed by atoms with Gasteiger partial charge in [0.2, 0.25) is 0 Å². The quantitative estimate of drug-likeness (QED) is 0.177. The molecule has 2 heterocycles. The van der Waals surface area contributed by atoms with Gasteiger partial charge >= 0.3 is 0 Å². The van der Waals surface area contributed by atoms with Gasteiger partial charge in [-0.3, -0.25) is 0 Å². The smallest absolute Gasteiger partial charge is 0.137 e.